The molecule has 0 radical (unpaired) electrons. The zero-order valence-corrected chi connectivity index (χ0v) is 8.81. The molecular formula is C11H11N5. The molecule has 80 valence electrons. The first-order valence-electron chi connectivity index (χ1n) is 4.91. The topological polar surface area (TPSA) is 77.4 Å². The molecule has 0 bridgehead atoms. The second-order valence-electron chi connectivity index (χ2n) is 3.41. The second kappa shape index (κ2) is 4.45. The Bertz CT molecular complexity index is 497. The fourth-order valence-electron chi connectivity index (χ4n) is 1.40. The number of pyridine rings is 1. The largest absolute Gasteiger partial charge is 0.362 e. The third-order valence-electron chi connectivity index (χ3n) is 2.30. The van der Waals surface area contributed by atoms with Gasteiger partial charge in [-0.3, -0.25) is 5.10 Å². The van der Waals surface area contributed by atoms with E-state index in [9.17, 15) is 0 Å². The van der Waals surface area contributed by atoms with Gasteiger partial charge in [0.05, 0.1) is 17.8 Å². The molecular weight excluding hydrogens is 202 g/mol. The molecule has 0 aliphatic heterocycles. The molecule has 1 unspecified atom stereocenters. The van der Waals surface area contributed by atoms with E-state index in [1.807, 2.05) is 13.1 Å². The molecule has 0 aromatic carbocycles. The highest BCUT2D eigenvalue weighted by molar-refractivity contribution is 5.52. The van der Waals surface area contributed by atoms with E-state index in [1.54, 1.807) is 24.5 Å². The Morgan fingerprint density at radius 3 is 3.12 bits per heavy atom. The molecule has 2 aromatic heterocycles. The van der Waals surface area contributed by atoms with Gasteiger partial charge in [0.1, 0.15) is 11.9 Å². The zero-order valence-electron chi connectivity index (χ0n) is 8.81. The van der Waals surface area contributed by atoms with E-state index in [1.165, 1.54) is 0 Å². The van der Waals surface area contributed by atoms with Crippen molar-refractivity contribution in [3.8, 4) is 6.07 Å². The quantitative estimate of drug-likeness (QED) is 0.815. The highest BCUT2D eigenvalue weighted by Gasteiger charge is 2.09. The summed E-state index contributed by atoms with van der Waals surface area (Å²) in [6, 6.07) is 5.63. The van der Waals surface area contributed by atoms with Crippen molar-refractivity contribution in [3.63, 3.8) is 0 Å². The van der Waals surface area contributed by atoms with Gasteiger partial charge in [-0.25, -0.2) is 4.98 Å². The molecule has 0 saturated heterocycles. The number of hydrogen-bond acceptors (Lipinski definition) is 4. The molecule has 2 aromatic rings. The number of rotatable bonds is 3. The monoisotopic (exact) mass is 213 g/mol. The van der Waals surface area contributed by atoms with Crippen LogP contribution in [0.5, 0.6) is 0 Å². The summed E-state index contributed by atoms with van der Waals surface area (Å²) in [7, 11) is 0. The smallest absolute Gasteiger partial charge is 0.144 e. The molecule has 0 fully saturated rings. The Balaban J connectivity index is 2.19. The summed E-state index contributed by atoms with van der Waals surface area (Å²) >= 11 is 0. The Morgan fingerprint density at radius 1 is 1.56 bits per heavy atom. The normalized spacial score (nSPS) is 11.8. The van der Waals surface area contributed by atoms with Crippen LogP contribution in [0.3, 0.4) is 0 Å². The maximum absolute atomic E-state index is 8.91. The summed E-state index contributed by atoms with van der Waals surface area (Å²) in [5, 5.41) is 18.7. The number of anilines is 1. The summed E-state index contributed by atoms with van der Waals surface area (Å²) in [6.07, 6.45) is 5.21. The van der Waals surface area contributed by atoms with E-state index in [2.05, 4.69) is 26.6 Å². The Kier molecular flexibility index (Phi) is 2.83. The first-order chi connectivity index (χ1) is 7.81. The van der Waals surface area contributed by atoms with Crippen molar-refractivity contribution in [2.45, 2.75) is 13.0 Å². The van der Waals surface area contributed by atoms with Crippen LogP contribution in [0.25, 0.3) is 0 Å². The van der Waals surface area contributed by atoms with Crippen molar-refractivity contribution in [2.75, 3.05) is 5.32 Å². The van der Waals surface area contributed by atoms with Crippen LogP contribution in [-0.2, 0) is 0 Å². The van der Waals surface area contributed by atoms with Crippen LogP contribution in [0.1, 0.15) is 24.1 Å². The second-order valence-corrected chi connectivity index (χ2v) is 3.41. The van der Waals surface area contributed by atoms with Gasteiger partial charge in [-0.15, -0.1) is 0 Å². The van der Waals surface area contributed by atoms with Crippen LogP contribution in [0.4, 0.5) is 5.82 Å². The van der Waals surface area contributed by atoms with Crippen molar-refractivity contribution in [3.05, 3.63) is 41.9 Å². The van der Waals surface area contributed by atoms with Crippen molar-refractivity contribution in [1.29, 1.82) is 5.26 Å². The summed E-state index contributed by atoms with van der Waals surface area (Å²) in [6.45, 7) is 1.99. The predicted molar refractivity (Wildman–Crippen MR) is 59.6 cm³/mol. The average molecular weight is 213 g/mol. The molecule has 2 heterocycles. The van der Waals surface area contributed by atoms with Crippen LogP contribution in [0, 0.1) is 11.3 Å². The van der Waals surface area contributed by atoms with E-state index in [-0.39, 0.29) is 6.04 Å². The van der Waals surface area contributed by atoms with Crippen molar-refractivity contribution in [1.82, 2.24) is 15.2 Å². The van der Waals surface area contributed by atoms with E-state index >= 15 is 0 Å². The number of H-pyrrole nitrogens is 1. The van der Waals surface area contributed by atoms with Gasteiger partial charge < -0.3 is 5.32 Å². The average Bonchev–Trinajstić information content (AvgIpc) is 2.83. The number of nitrogens with zero attached hydrogens (tertiary/aromatic N) is 3. The Labute approximate surface area is 93.1 Å². The van der Waals surface area contributed by atoms with Gasteiger partial charge in [-0.05, 0) is 19.1 Å². The summed E-state index contributed by atoms with van der Waals surface area (Å²) in [5.41, 5.74) is 1.56. The Morgan fingerprint density at radius 2 is 2.44 bits per heavy atom. The highest BCUT2D eigenvalue weighted by Crippen LogP contribution is 2.18. The molecule has 16 heavy (non-hydrogen) atoms. The van der Waals surface area contributed by atoms with Crippen molar-refractivity contribution in [2.24, 2.45) is 0 Å². The zero-order chi connectivity index (χ0) is 11.4. The van der Waals surface area contributed by atoms with Gasteiger partial charge in [0.2, 0.25) is 0 Å². The molecule has 0 aliphatic rings. The maximum atomic E-state index is 8.91. The number of aromatic amines is 1. The minimum atomic E-state index is 0.0562. The van der Waals surface area contributed by atoms with Crippen LogP contribution < -0.4 is 5.32 Å². The van der Waals surface area contributed by atoms with E-state index < -0.39 is 0 Å². The number of hydrogen-bond donors (Lipinski definition) is 2. The lowest BCUT2D eigenvalue weighted by atomic mass is 10.2. The van der Waals surface area contributed by atoms with Crippen LogP contribution in [-0.4, -0.2) is 15.2 Å². The summed E-state index contributed by atoms with van der Waals surface area (Å²) < 4.78 is 0. The van der Waals surface area contributed by atoms with Gasteiger partial charge in [-0.1, -0.05) is 0 Å². The number of nitrogens with one attached hydrogen (secondary N) is 2. The minimum absolute atomic E-state index is 0.0562. The van der Waals surface area contributed by atoms with Gasteiger partial charge >= 0.3 is 0 Å². The lowest BCUT2D eigenvalue weighted by molar-refractivity contribution is 0.874. The van der Waals surface area contributed by atoms with Gasteiger partial charge in [-0.2, -0.15) is 10.4 Å². The lowest BCUT2D eigenvalue weighted by Crippen LogP contribution is -2.08. The molecule has 2 N–H and O–H groups in total. The first kappa shape index (κ1) is 10.2. The highest BCUT2D eigenvalue weighted by atomic mass is 15.1. The molecule has 1 atom stereocenters. The fraction of sp³-hybridized carbons (Fsp3) is 0.182. The molecule has 0 spiro atoms. The van der Waals surface area contributed by atoms with E-state index in [0.717, 1.165) is 5.56 Å². The predicted octanol–water partition coefficient (Wildman–Crippen LogP) is 1.85. The number of aromatic nitrogens is 3. The molecule has 0 amide bonds. The SMILES string of the molecule is CC(Nc1ncccc1C#N)c1cn[nH]c1. The molecule has 0 aliphatic carbocycles. The summed E-state index contributed by atoms with van der Waals surface area (Å²) in [5.74, 6) is 0.596. The standard InChI is InChI=1S/C11H11N5/c1-8(10-6-14-15-7-10)16-11-9(5-12)3-2-4-13-11/h2-4,6-8H,1H3,(H,13,16)(H,14,15). The maximum Gasteiger partial charge on any atom is 0.144 e. The van der Waals surface area contributed by atoms with Crippen LogP contribution in [0.2, 0.25) is 0 Å². The van der Waals surface area contributed by atoms with E-state index in [0.29, 0.717) is 11.4 Å². The van der Waals surface area contributed by atoms with Crippen LogP contribution in [0.15, 0.2) is 30.7 Å². The third-order valence-corrected chi connectivity index (χ3v) is 2.30. The molecule has 5 nitrogen and oxygen atoms in total. The summed E-state index contributed by atoms with van der Waals surface area (Å²) in [4.78, 5) is 4.14. The van der Waals surface area contributed by atoms with Crippen molar-refractivity contribution >= 4 is 5.82 Å². The van der Waals surface area contributed by atoms with E-state index in [4.69, 9.17) is 5.26 Å². The lowest BCUT2D eigenvalue weighted by Gasteiger charge is -2.13. The molecule has 0 saturated carbocycles. The first-order valence-corrected chi connectivity index (χ1v) is 4.91. The number of nitriles is 1. The van der Waals surface area contributed by atoms with Gasteiger partial charge in [0, 0.05) is 18.0 Å². The van der Waals surface area contributed by atoms with Gasteiger partial charge in [0.15, 0.2) is 0 Å². The van der Waals surface area contributed by atoms with Gasteiger partial charge in [0.25, 0.3) is 0 Å². The molecule has 5 heteroatoms. The Hall–Kier alpha value is -2.35. The molecule has 2 rings (SSSR count). The fourth-order valence-corrected chi connectivity index (χ4v) is 1.40. The minimum Gasteiger partial charge on any atom is -0.362 e. The van der Waals surface area contributed by atoms with Crippen molar-refractivity contribution < 1.29 is 0 Å². The third kappa shape index (κ3) is 2.01. The van der Waals surface area contributed by atoms with Crippen LogP contribution >= 0.6 is 0 Å².